The van der Waals surface area contributed by atoms with E-state index in [1.165, 1.54) is 0 Å². The van der Waals surface area contributed by atoms with Gasteiger partial charge in [-0.2, -0.15) is 10.2 Å². The SMILES string of the molecule is Cc1nn(CCC(=O)Nc2cnn(Cc3ccccc3Cl)c2)c(C)c1Br. The molecule has 0 radical (unpaired) electrons. The number of aromatic nitrogens is 4. The lowest BCUT2D eigenvalue weighted by molar-refractivity contribution is -0.116. The van der Waals surface area contributed by atoms with E-state index in [-0.39, 0.29) is 5.91 Å². The van der Waals surface area contributed by atoms with Crippen LogP contribution >= 0.6 is 27.5 Å². The van der Waals surface area contributed by atoms with Gasteiger partial charge in [0.15, 0.2) is 0 Å². The van der Waals surface area contributed by atoms with E-state index < -0.39 is 0 Å². The maximum atomic E-state index is 12.2. The summed E-state index contributed by atoms with van der Waals surface area (Å²) < 4.78 is 4.56. The molecule has 0 bridgehead atoms. The third kappa shape index (κ3) is 4.34. The highest BCUT2D eigenvalue weighted by atomic mass is 79.9. The van der Waals surface area contributed by atoms with Crippen LogP contribution < -0.4 is 5.32 Å². The van der Waals surface area contributed by atoms with Crippen LogP contribution in [0, 0.1) is 13.8 Å². The molecule has 136 valence electrons. The Bertz CT molecular complexity index is 934. The van der Waals surface area contributed by atoms with Gasteiger partial charge in [0.25, 0.3) is 0 Å². The Morgan fingerprint density at radius 1 is 1.31 bits per heavy atom. The van der Waals surface area contributed by atoms with Crippen molar-refractivity contribution in [2.45, 2.75) is 33.4 Å². The number of benzene rings is 1. The molecule has 0 saturated heterocycles. The van der Waals surface area contributed by atoms with Crippen molar-refractivity contribution in [3.8, 4) is 0 Å². The van der Waals surface area contributed by atoms with Gasteiger partial charge in [-0.15, -0.1) is 0 Å². The second-order valence-electron chi connectivity index (χ2n) is 6.02. The van der Waals surface area contributed by atoms with Crippen molar-refractivity contribution in [2.75, 3.05) is 5.32 Å². The summed E-state index contributed by atoms with van der Waals surface area (Å²) in [5.41, 5.74) is 3.58. The molecule has 6 nitrogen and oxygen atoms in total. The quantitative estimate of drug-likeness (QED) is 0.630. The van der Waals surface area contributed by atoms with Gasteiger partial charge >= 0.3 is 0 Å². The monoisotopic (exact) mass is 435 g/mol. The van der Waals surface area contributed by atoms with Crippen LogP contribution in [0.25, 0.3) is 0 Å². The largest absolute Gasteiger partial charge is 0.323 e. The Hall–Kier alpha value is -2.12. The van der Waals surface area contributed by atoms with Gasteiger partial charge in [-0.1, -0.05) is 29.8 Å². The topological polar surface area (TPSA) is 64.7 Å². The number of aryl methyl sites for hydroxylation is 2. The van der Waals surface area contributed by atoms with Crippen LogP contribution in [0.5, 0.6) is 0 Å². The minimum atomic E-state index is -0.0778. The second-order valence-corrected chi connectivity index (χ2v) is 7.22. The zero-order valence-electron chi connectivity index (χ0n) is 14.5. The number of hydrogen-bond acceptors (Lipinski definition) is 3. The third-order valence-corrected chi connectivity index (χ3v) is 5.57. The maximum Gasteiger partial charge on any atom is 0.226 e. The molecular formula is C18H19BrClN5O. The number of carbonyl (C=O) groups is 1. The summed E-state index contributed by atoms with van der Waals surface area (Å²) in [5.74, 6) is -0.0778. The number of hydrogen-bond donors (Lipinski definition) is 1. The Balaban J connectivity index is 1.56. The van der Waals surface area contributed by atoms with Gasteiger partial charge in [0.2, 0.25) is 5.91 Å². The zero-order chi connectivity index (χ0) is 18.7. The average molecular weight is 437 g/mol. The molecule has 8 heteroatoms. The Labute approximate surface area is 165 Å². The van der Waals surface area contributed by atoms with E-state index in [1.54, 1.807) is 17.1 Å². The van der Waals surface area contributed by atoms with E-state index in [4.69, 9.17) is 11.6 Å². The summed E-state index contributed by atoms with van der Waals surface area (Å²) in [6.45, 7) is 4.98. The van der Waals surface area contributed by atoms with Crippen molar-refractivity contribution in [3.05, 3.63) is 63.1 Å². The van der Waals surface area contributed by atoms with Gasteiger partial charge in [-0.3, -0.25) is 14.2 Å². The second kappa shape index (κ2) is 8.05. The number of nitrogens with zero attached hydrogens (tertiary/aromatic N) is 4. The predicted octanol–water partition coefficient (Wildman–Crippen LogP) is 4.19. The minimum Gasteiger partial charge on any atom is -0.323 e. The fraction of sp³-hybridized carbons (Fsp3) is 0.278. The molecule has 0 aliphatic heterocycles. The summed E-state index contributed by atoms with van der Waals surface area (Å²) in [5, 5.41) is 12.2. The Morgan fingerprint density at radius 2 is 2.08 bits per heavy atom. The number of rotatable bonds is 6. The first-order valence-corrected chi connectivity index (χ1v) is 9.36. The van der Waals surface area contributed by atoms with Crippen LogP contribution in [0.15, 0.2) is 41.1 Å². The zero-order valence-corrected chi connectivity index (χ0v) is 16.9. The lowest BCUT2D eigenvalue weighted by Crippen LogP contribution is -2.15. The maximum absolute atomic E-state index is 12.2. The predicted molar refractivity (Wildman–Crippen MR) is 105 cm³/mol. The van der Waals surface area contributed by atoms with E-state index in [1.807, 2.05) is 42.8 Å². The van der Waals surface area contributed by atoms with Gasteiger partial charge < -0.3 is 5.32 Å². The van der Waals surface area contributed by atoms with Gasteiger partial charge in [-0.25, -0.2) is 0 Å². The van der Waals surface area contributed by atoms with Crippen molar-refractivity contribution >= 4 is 39.1 Å². The first-order valence-electron chi connectivity index (χ1n) is 8.19. The van der Waals surface area contributed by atoms with Crippen LogP contribution in [0.3, 0.4) is 0 Å². The lowest BCUT2D eigenvalue weighted by Gasteiger charge is -2.05. The summed E-state index contributed by atoms with van der Waals surface area (Å²) in [6, 6.07) is 7.63. The van der Waals surface area contributed by atoms with Crippen LogP contribution in [0.4, 0.5) is 5.69 Å². The summed E-state index contributed by atoms with van der Waals surface area (Å²) in [7, 11) is 0. The van der Waals surface area contributed by atoms with Gasteiger partial charge in [0.05, 0.1) is 35.1 Å². The van der Waals surface area contributed by atoms with Crippen molar-refractivity contribution in [1.82, 2.24) is 19.6 Å². The van der Waals surface area contributed by atoms with E-state index in [0.29, 0.717) is 30.2 Å². The van der Waals surface area contributed by atoms with Crippen LogP contribution in [0.1, 0.15) is 23.4 Å². The van der Waals surface area contributed by atoms with Gasteiger partial charge in [-0.05, 0) is 41.4 Å². The van der Waals surface area contributed by atoms with E-state index in [0.717, 1.165) is 21.4 Å². The van der Waals surface area contributed by atoms with E-state index >= 15 is 0 Å². The molecule has 3 rings (SSSR count). The standard InChI is InChI=1S/C18H19BrClN5O/c1-12-18(19)13(2)25(23-12)8-7-17(26)22-15-9-21-24(11-15)10-14-5-3-4-6-16(14)20/h3-6,9,11H,7-8,10H2,1-2H3,(H,22,26). The van der Waals surface area contributed by atoms with Crippen LogP contribution in [-0.2, 0) is 17.9 Å². The number of anilines is 1. The number of amides is 1. The molecule has 0 fully saturated rings. The minimum absolute atomic E-state index is 0.0778. The third-order valence-electron chi connectivity index (χ3n) is 4.05. The Morgan fingerprint density at radius 3 is 2.77 bits per heavy atom. The molecule has 0 unspecified atom stereocenters. The number of carbonyl (C=O) groups excluding carboxylic acids is 1. The van der Waals surface area contributed by atoms with Gasteiger partial charge in [0.1, 0.15) is 0 Å². The molecule has 2 aromatic heterocycles. The molecule has 0 aliphatic carbocycles. The first-order chi connectivity index (χ1) is 12.4. The molecule has 1 N–H and O–H groups in total. The highest BCUT2D eigenvalue weighted by Gasteiger charge is 2.11. The number of nitrogens with one attached hydrogen (secondary N) is 1. The molecule has 26 heavy (non-hydrogen) atoms. The van der Waals surface area contributed by atoms with E-state index in [9.17, 15) is 4.79 Å². The molecule has 0 atom stereocenters. The number of halogens is 2. The molecule has 0 saturated carbocycles. The van der Waals surface area contributed by atoms with Crippen LogP contribution in [0.2, 0.25) is 5.02 Å². The molecule has 2 heterocycles. The van der Waals surface area contributed by atoms with E-state index in [2.05, 4.69) is 31.4 Å². The normalized spacial score (nSPS) is 10.9. The van der Waals surface area contributed by atoms with Crippen molar-refractivity contribution in [3.63, 3.8) is 0 Å². The summed E-state index contributed by atoms with van der Waals surface area (Å²) >= 11 is 9.66. The fourth-order valence-corrected chi connectivity index (χ4v) is 3.12. The van der Waals surface area contributed by atoms with Crippen LogP contribution in [-0.4, -0.2) is 25.5 Å². The smallest absolute Gasteiger partial charge is 0.226 e. The van der Waals surface area contributed by atoms with Crippen molar-refractivity contribution in [1.29, 1.82) is 0 Å². The molecular weight excluding hydrogens is 418 g/mol. The average Bonchev–Trinajstić information content (AvgIpc) is 3.15. The molecule has 0 spiro atoms. The Kier molecular flexibility index (Phi) is 5.78. The van der Waals surface area contributed by atoms with Crippen molar-refractivity contribution < 1.29 is 4.79 Å². The lowest BCUT2D eigenvalue weighted by atomic mass is 10.2. The van der Waals surface area contributed by atoms with Crippen molar-refractivity contribution in [2.24, 2.45) is 0 Å². The highest BCUT2D eigenvalue weighted by Crippen LogP contribution is 2.20. The first kappa shape index (κ1) is 18.7. The summed E-state index contributed by atoms with van der Waals surface area (Å²) in [4.78, 5) is 12.2. The molecule has 1 aromatic carbocycles. The van der Waals surface area contributed by atoms with Gasteiger partial charge in [0, 0.05) is 23.3 Å². The molecule has 1 amide bonds. The summed E-state index contributed by atoms with van der Waals surface area (Å²) in [6.07, 6.45) is 3.76. The molecule has 0 aliphatic rings. The molecule has 3 aromatic rings. The highest BCUT2D eigenvalue weighted by molar-refractivity contribution is 9.10. The fourth-order valence-electron chi connectivity index (χ4n) is 2.64.